The van der Waals surface area contributed by atoms with E-state index in [1.807, 2.05) is 13.8 Å². The van der Waals surface area contributed by atoms with Crippen LogP contribution in [0.15, 0.2) is 6.07 Å². The van der Waals surface area contributed by atoms with E-state index in [4.69, 9.17) is 5.73 Å². The fourth-order valence-electron chi connectivity index (χ4n) is 2.47. The zero-order valence-electron chi connectivity index (χ0n) is 12.1. The van der Waals surface area contributed by atoms with Gasteiger partial charge in [-0.1, -0.05) is 13.8 Å². The Hall–Kier alpha value is -1.34. The summed E-state index contributed by atoms with van der Waals surface area (Å²) in [5, 5.41) is 0. The number of amides is 1. The highest BCUT2D eigenvalue weighted by molar-refractivity contribution is 5.95. The summed E-state index contributed by atoms with van der Waals surface area (Å²) in [5.41, 5.74) is 4.27. The third-order valence-electron chi connectivity index (χ3n) is 3.93. The molecule has 8 heteroatoms. The van der Waals surface area contributed by atoms with Crippen LogP contribution in [0.25, 0.3) is 0 Å². The summed E-state index contributed by atoms with van der Waals surface area (Å²) in [4.78, 5) is 13.4. The van der Waals surface area contributed by atoms with Crippen LogP contribution >= 0.6 is 12.4 Å². The van der Waals surface area contributed by atoms with Gasteiger partial charge < -0.3 is 10.6 Å². The van der Waals surface area contributed by atoms with Gasteiger partial charge in [0.05, 0.1) is 0 Å². The highest BCUT2D eigenvalue weighted by atomic mass is 35.5. The first-order valence-corrected chi connectivity index (χ1v) is 6.53. The number of piperidine rings is 1. The first-order chi connectivity index (χ1) is 9.65. The van der Waals surface area contributed by atoms with Gasteiger partial charge in [-0.3, -0.25) is 4.79 Å². The molecule has 1 atom stereocenters. The second-order valence-electron chi connectivity index (χ2n) is 5.95. The van der Waals surface area contributed by atoms with E-state index in [1.165, 1.54) is 4.90 Å². The molecule has 1 aromatic rings. The largest absolute Gasteiger partial charge is 0.338 e. The van der Waals surface area contributed by atoms with Gasteiger partial charge in [0, 0.05) is 25.2 Å². The number of rotatable bonds is 1. The minimum Gasteiger partial charge on any atom is -0.338 e. The van der Waals surface area contributed by atoms with Crippen LogP contribution in [0.2, 0.25) is 0 Å². The standard InChI is InChI=1S/C14H16F4N2O.ClH/c1-14(2)6-20(4-3-9(14)19)13(21)10-11(17)7(15)5-8(16)12(10)18;/h5,9H,3-4,6,19H2,1-2H3;1H. The van der Waals surface area contributed by atoms with Crippen molar-refractivity contribution in [3.63, 3.8) is 0 Å². The van der Waals surface area contributed by atoms with E-state index in [1.54, 1.807) is 0 Å². The summed E-state index contributed by atoms with van der Waals surface area (Å²) >= 11 is 0. The van der Waals surface area contributed by atoms with E-state index < -0.39 is 40.2 Å². The van der Waals surface area contributed by atoms with E-state index in [-0.39, 0.29) is 37.6 Å². The number of likely N-dealkylation sites (tertiary alicyclic amines) is 1. The molecule has 1 fully saturated rings. The molecule has 1 aliphatic heterocycles. The fourth-order valence-corrected chi connectivity index (χ4v) is 2.47. The molecule has 0 saturated carbocycles. The molecule has 22 heavy (non-hydrogen) atoms. The van der Waals surface area contributed by atoms with Crippen molar-refractivity contribution in [2.45, 2.75) is 26.3 Å². The normalized spacial score (nSPS) is 20.5. The van der Waals surface area contributed by atoms with Crippen LogP contribution in [0, 0.1) is 28.7 Å². The Morgan fingerprint density at radius 3 is 2.18 bits per heavy atom. The Balaban J connectivity index is 0.00000242. The Morgan fingerprint density at radius 1 is 1.23 bits per heavy atom. The molecule has 1 aliphatic rings. The van der Waals surface area contributed by atoms with E-state index in [2.05, 4.69) is 0 Å². The smallest absolute Gasteiger partial charge is 0.260 e. The lowest BCUT2D eigenvalue weighted by Crippen LogP contribution is -2.54. The molecule has 0 aliphatic carbocycles. The van der Waals surface area contributed by atoms with Crippen molar-refractivity contribution in [1.29, 1.82) is 0 Å². The molecular weight excluding hydrogens is 324 g/mol. The summed E-state index contributed by atoms with van der Waals surface area (Å²) < 4.78 is 53.7. The lowest BCUT2D eigenvalue weighted by atomic mass is 9.79. The predicted molar refractivity (Wildman–Crippen MR) is 75.8 cm³/mol. The molecule has 2 rings (SSSR count). The van der Waals surface area contributed by atoms with Crippen molar-refractivity contribution in [1.82, 2.24) is 4.90 Å². The molecule has 1 heterocycles. The average molecular weight is 341 g/mol. The second kappa shape index (κ2) is 6.42. The van der Waals surface area contributed by atoms with Crippen LogP contribution in [0.1, 0.15) is 30.6 Å². The fraction of sp³-hybridized carbons (Fsp3) is 0.500. The Bertz CT molecular complexity index is 568. The Labute approximate surface area is 131 Å². The van der Waals surface area contributed by atoms with Gasteiger partial charge in [0.2, 0.25) is 0 Å². The average Bonchev–Trinajstić information content (AvgIpc) is 2.39. The van der Waals surface area contributed by atoms with E-state index in [9.17, 15) is 22.4 Å². The maximum atomic E-state index is 13.7. The minimum absolute atomic E-state index is 0. The molecular formula is C14H17ClF4N2O. The number of benzene rings is 1. The first-order valence-electron chi connectivity index (χ1n) is 6.53. The number of nitrogens with two attached hydrogens (primary N) is 1. The van der Waals surface area contributed by atoms with Gasteiger partial charge in [0.15, 0.2) is 23.3 Å². The molecule has 1 aromatic carbocycles. The quantitative estimate of drug-likeness (QED) is 0.631. The lowest BCUT2D eigenvalue weighted by Gasteiger charge is -2.42. The van der Waals surface area contributed by atoms with Gasteiger partial charge in [-0.2, -0.15) is 0 Å². The van der Waals surface area contributed by atoms with Gasteiger partial charge in [-0.15, -0.1) is 12.4 Å². The second-order valence-corrected chi connectivity index (χ2v) is 5.95. The lowest BCUT2D eigenvalue weighted by molar-refractivity contribution is 0.0521. The SMILES string of the molecule is CC1(C)CN(C(=O)c2c(F)c(F)cc(F)c2F)CCC1N.Cl. The van der Waals surface area contributed by atoms with Crippen LogP contribution in [0.5, 0.6) is 0 Å². The summed E-state index contributed by atoms with van der Waals surface area (Å²) in [6, 6.07) is -0.0854. The number of hydrogen-bond donors (Lipinski definition) is 1. The number of halogens is 5. The summed E-state index contributed by atoms with van der Waals surface area (Å²) in [5.74, 6) is -7.60. The highest BCUT2D eigenvalue weighted by Gasteiger charge is 2.37. The van der Waals surface area contributed by atoms with E-state index in [0.29, 0.717) is 6.42 Å². The Kier molecular flexibility index (Phi) is 5.46. The third kappa shape index (κ3) is 3.20. The number of carbonyl (C=O) groups excluding carboxylic acids is 1. The van der Waals surface area contributed by atoms with Crippen LogP contribution < -0.4 is 5.73 Å². The first kappa shape index (κ1) is 18.7. The van der Waals surface area contributed by atoms with Crippen molar-refractivity contribution in [3.05, 3.63) is 34.9 Å². The Morgan fingerprint density at radius 2 is 1.73 bits per heavy atom. The van der Waals surface area contributed by atoms with Gasteiger partial charge in [0.25, 0.3) is 5.91 Å². The van der Waals surface area contributed by atoms with E-state index >= 15 is 0 Å². The number of carbonyl (C=O) groups is 1. The number of nitrogens with zero attached hydrogens (tertiary/aromatic N) is 1. The third-order valence-corrected chi connectivity index (χ3v) is 3.93. The van der Waals surface area contributed by atoms with Crippen molar-refractivity contribution in [3.8, 4) is 0 Å². The maximum Gasteiger partial charge on any atom is 0.260 e. The number of hydrogen-bond acceptors (Lipinski definition) is 2. The van der Waals surface area contributed by atoms with Gasteiger partial charge in [0.1, 0.15) is 5.56 Å². The highest BCUT2D eigenvalue weighted by Crippen LogP contribution is 2.30. The summed E-state index contributed by atoms with van der Waals surface area (Å²) in [6.45, 7) is 3.97. The molecule has 2 N–H and O–H groups in total. The zero-order valence-corrected chi connectivity index (χ0v) is 12.9. The molecule has 124 valence electrons. The molecule has 1 amide bonds. The summed E-state index contributed by atoms with van der Waals surface area (Å²) in [7, 11) is 0. The van der Waals surface area contributed by atoms with Gasteiger partial charge in [-0.25, -0.2) is 17.6 Å². The van der Waals surface area contributed by atoms with Crippen molar-refractivity contribution >= 4 is 18.3 Å². The molecule has 0 aromatic heterocycles. The molecule has 1 saturated heterocycles. The molecule has 1 unspecified atom stereocenters. The zero-order chi connectivity index (χ0) is 15.9. The minimum atomic E-state index is -1.67. The van der Waals surface area contributed by atoms with Gasteiger partial charge >= 0.3 is 0 Å². The monoisotopic (exact) mass is 340 g/mol. The molecule has 0 bridgehead atoms. The summed E-state index contributed by atoms with van der Waals surface area (Å²) in [6.07, 6.45) is 0.444. The van der Waals surface area contributed by atoms with Crippen molar-refractivity contribution in [2.24, 2.45) is 11.1 Å². The van der Waals surface area contributed by atoms with Crippen molar-refractivity contribution < 1.29 is 22.4 Å². The topological polar surface area (TPSA) is 46.3 Å². The van der Waals surface area contributed by atoms with E-state index in [0.717, 1.165) is 0 Å². The van der Waals surface area contributed by atoms with Crippen LogP contribution in [0.3, 0.4) is 0 Å². The van der Waals surface area contributed by atoms with Crippen molar-refractivity contribution in [2.75, 3.05) is 13.1 Å². The molecule has 3 nitrogen and oxygen atoms in total. The van der Waals surface area contributed by atoms with Gasteiger partial charge in [-0.05, 0) is 11.8 Å². The van der Waals surface area contributed by atoms with Crippen LogP contribution in [0.4, 0.5) is 17.6 Å². The molecule has 0 spiro atoms. The predicted octanol–water partition coefficient (Wildman–Crippen LogP) is 2.86. The maximum absolute atomic E-state index is 13.7. The molecule has 0 radical (unpaired) electrons. The van der Waals surface area contributed by atoms with Crippen LogP contribution in [-0.4, -0.2) is 29.9 Å². The van der Waals surface area contributed by atoms with Crippen LogP contribution in [-0.2, 0) is 0 Å².